The molecule has 1 N–H and O–H groups in total. The minimum atomic E-state index is -0.155. The molecular weight excluding hydrogens is 290 g/mol. The van der Waals surface area contributed by atoms with Gasteiger partial charge in [-0.1, -0.05) is 13.0 Å². The molecule has 0 radical (unpaired) electrons. The van der Waals surface area contributed by atoms with E-state index in [2.05, 4.69) is 27.9 Å². The summed E-state index contributed by atoms with van der Waals surface area (Å²) in [5.74, 6) is 0.501. The summed E-state index contributed by atoms with van der Waals surface area (Å²) < 4.78 is 7.28. The predicted octanol–water partition coefficient (Wildman–Crippen LogP) is 3.37. The van der Waals surface area contributed by atoms with Crippen molar-refractivity contribution in [1.82, 2.24) is 14.9 Å². The maximum Gasteiger partial charge on any atom is 0.244 e. The van der Waals surface area contributed by atoms with Gasteiger partial charge in [0.2, 0.25) is 5.91 Å². The van der Waals surface area contributed by atoms with Gasteiger partial charge in [0.1, 0.15) is 5.76 Å². The third-order valence-corrected chi connectivity index (χ3v) is 3.56. The number of nitrogens with one attached hydrogen (secondary N) is 1. The summed E-state index contributed by atoms with van der Waals surface area (Å²) in [6.07, 6.45) is 7.62. The monoisotopic (exact) mass is 309 g/mol. The Morgan fingerprint density at radius 3 is 3.09 bits per heavy atom. The van der Waals surface area contributed by atoms with Crippen molar-refractivity contribution < 1.29 is 9.21 Å². The highest BCUT2D eigenvalue weighted by Crippen LogP contribution is 2.15. The number of rotatable bonds is 6. The van der Waals surface area contributed by atoms with Crippen LogP contribution in [0.2, 0.25) is 0 Å². The van der Waals surface area contributed by atoms with Gasteiger partial charge in [-0.3, -0.25) is 4.79 Å². The molecule has 0 aliphatic carbocycles. The highest BCUT2D eigenvalue weighted by atomic mass is 16.3. The predicted molar refractivity (Wildman–Crippen MR) is 89.6 cm³/mol. The van der Waals surface area contributed by atoms with Gasteiger partial charge >= 0.3 is 0 Å². The minimum Gasteiger partial charge on any atom is -0.465 e. The zero-order chi connectivity index (χ0) is 16.1. The minimum absolute atomic E-state index is 0.155. The van der Waals surface area contributed by atoms with E-state index >= 15 is 0 Å². The summed E-state index contributed by atoms with van der Waals surface area (Å²) in [6, 6.07) is 9.66. The van der Waals surface area contributed by atoms with Crippen LogP contribution >= 0.6 is 0 Å². The Morgan fingerprint density at radius 2 is 2.30 bits per heavy atom. The first-order valence-electron chi connectivity index (χ1n) is 7.69. The molecule has 1 aromatic carbocycles. The van der Waals surface area contributed by atoms with Gasteiger partial charge < -0.3 is 14.3 Å². The van der Waals surface area contributed by atoms with Crippen molar-refractivity contribution in [3.63, 3.8) is 0 Å². The van der Waals surface area contributed by atoms with E-state index in [9.17, 15) is 4.79 Å². The van der Waals surface area contributed by atoms with Crippen molar-refractivity contribution in [2.24, 2.45) is 0 Å². The lowest BCUT2D eigenvalue weighted by Crippen LogP contribution is -2.20. The average molecular weight is 309 g/mol. The normalized spacial score (nSPS) is 11.3. The van der Waals surface area contributed by atoms with Crippen LogP contribution in [0.15, 0.2) is 53.4 Å². The molecule has 1 amide bonds. The van der Waals surface area contributed by atoms with Gasteiger partial charge in [-0.05, 0) is 42.3 Å². The summed E-state index contributed by atoms with van der Waals surface area (Å²) in [5, 5.41) is 2.86. The van der Waals surface area contributed by atoms with Crippen LogP contribution in [0.4, 0.5) is 0 Å². The maximum absolute atomic E-state index is 11.8. The molecule has 0 bridgehead atoms. The van der Waals surface area contributed by atoms with Gasteiger partial charge in [0.05, 0.1) is 23.6 Å². The van der Waals surface area contributed by atoms with Crippen LogP contribution in [0.3, 0.4) is 0 Å². The summed E-state index contributed by atoms with van der Waals surface area (Å²) in [4.78, 5) is 16.2. The van der Waals surface area contributed by atoms with Crippen LogP contribution in [0, 0.1) is 0 Å². The molecule has 3 aromatic rings. The van der Waals surface area contributed by atoms with E-state index in [1.54, 1.807) is 24.5 Å². The first-order valence-corrected chi connectivity index (χ1v) is 7.69. The number of amides is 1. The van der Waals surface area contributed by atoms with Crippen molar-refractivity contribution in [1.29, 1.82) is 0 Å². The molecule has 0 atom stereocenters. The topological polar surface area (TPSA) is 60.1 Å². The third kappa shape index (κ3) is 3.69. The smallest absolute Gasteiger partial charge is 0.244 e. The zero-order valence-corrected chi connectivity index (χ0v) is 13.0. The van der Waals surface area contributed by atoms with E-state index in [0.717, 1.165) is 29.6 Å². The highest BCUT2D eigenvalue weighted by molar-refractivity contribution is 5.91. The quantitative estimate of drug-likeness (QED) is 0.710. The van der Waals surface area contributed by atoms with Crippen LogP contribution in [-0.2, 0) is 17.9 Å². The van der Waals surface area contributed by atoms with Crippen molar-refractivity contribution in [2.75, 3.05) is 0 Å². The number of carbonyl (C=O) groups excluding carboxylic acids is 1. The van der Waals surface area contributed by atoms with E-state index in [1.807, 2.05) is 18.5 Å². The van der Waals surface area contributed by atoms with Gasteiger partial charge in [-0.2, -0.15) is 0 Å². The van der Waals surface area contributed by atoms with Crippen LogP contribution in [0.5, 0.6) is 0 Å². The lowest BCUT2D eigenvalue weighted by Gasteiger charge is -2.04. The zero-order valence-electron chi connectivity index (χ0n) is 13.0. The van der Waals surface area contributed by atoms with Crippen LogP contribution in [-0.4, -0.2) is 15.5 Å². The second-order valence-corrected chi connectivity index (χ2v) is 5.33. The van der Waals surface area contributed by atoms with E-state index < -0.39 is 0 Å². The number of fused-ring (bicyclic) bond motifs is 1. The highest BCUT2D eigenvalue weighted by Gasteiger charge is 2.04. The maximum atomic E-state index is 11.8. The SMILES string of the molecule is CCCn1cnc2cc(CNC(=O)C=Cc3ccco3)ccc21. The molecule has 23 heavy (non-hydrogen) atoms. The molecule has 0 aliphatic heterocycles. The van der Waals surface area contributed by atoms with Crippen LogP contribution in [0.1, 0.15) is 24.7 Å². The van der Waals surface area contributed by atoms with Crippen molar-refractivity contribution in [2.45, 2.75) is 26.4 Å². The standard InChI is InChI=1S/C18H19N3O2/c1-2-9-21-13-20-16-11-14(5-7-17(16)21)12-19-18(22)8-6-15-4-3-10-23-15/h3-8,10-11,13H,2,9,12H2,1H3,(H,19,22). The molecule has 5 nitrogen and oxygen atoms in total. The van der Waals surface area contributed by atoms with Crippen LogP contribution in [0.25, 0.3) is 17.1 Å². The number of hydrogen-bond donors (Lipinski definition) is 1. The fraction of sp³-hybridized carbons (Fsp3) is 0.222. The fourth-order valence-corrected chi connectivity index (χ4v) is 2.43. The number of aromatic nitrogens is 2. The van der Waals surface area contributed by atoms with Gasteiger partial charge in [-0.25, -0.2) is 4.98 Å². The van der Waals surface area contributed by atoms with Crippen molar-refractivity contribution in [3.8, 4) is 0 Å². The average Bonchev–Trinajstić information content (AvgIpc) is 3.21. The van der Waals surface area contributed by atoms with E-state index in [1.165, 1.54) is 6.08 Å². The molecule has 0 unspecified atom stereocenters. The molecule has 2 heterocycles. The summed E-state index contributed by atoms with van der Waals surface area (Å²) in [7, 11) is 0. The molecular formula is C18H19N3O2. The van der Waals surface area contributed by atoms with Crippen molar-refractivity contribution >= 4 is 23.0 Å². The first kappa shape index (κ1) is 15.1. The Balaban J connectivity index is 1.61. The number of carbonyl (C=O) groups is 1. The Labute approximate surface area is 134 Å². The van der Waals surface area contributed by atoms with Gasteiger partial charge in [0.25, 0.3) is 0 Å². The molecule has 0 aliphatic rings. The molecule has 0 saturated heterocycles. The second-order valence-electron chi connectivity index (χ2n) is 5.33. The largest absolute Gasteiger partial charge is 0.465 e. The van der Waals surface area contributed by atoms with E-state index in [4.69, 9.17) is 4.42 Å². The van der Waals surface area contributed by atoms with Crippen molar-refractivity contribution in [3.05, 3.63) is 60.3 Å². The molecule has 5 heteroatoms. The van der Waals surface area contributed by atoms with E-state index in [-0.39, 0.29) is 5.91 Å². The number of benzene rings is 1. The Bertz CT molecular complexity index is 816. The van der Waals surface area contributed by atoms with E-state index in [0.29, 0.717) is 12.3 Å². The lowest BCUT2D eigenvalue weighted by molar-refractivity contribution is -0.116. The molecule has 0 spiro atoms. The number of imidazole rings is 1. The summed E-state index contributed by atoms with van der Waals surface area (Å²) in [6.45, 7) is 3.58. The molecule has 118 valence electrons. The number of hydrogen-bond acceptors (Lipinski definition) is 3. The Kier molecular flexibility index (Phi) is 4.57. The first-order chi connectivity index (χ1) is 11.3. The third-order valence-electron chi connectivity index (χ3n) is 3.56. The summed E-state index contributed by atoms with van der Waals surface area (Å²) in [5.41, 5.74) is 3.11. The van der Waals surface area contributed by atoms with Crippen LogP contribution < -0.4 is 5.32 Å². The molecule has 2 aromatic heterocycles. The molecule has 3 rings (SSSR count). The second kappa shape index (κ2) is 6.96. The van der Waals surface area contributed by atoms with Gasteiger partial charge in [-0.15, -0.1) is 0 Å². The lowest BCUT2D eigenvalue weighted by atomic mass is 10.2. The molecule has 0 saturated carbocycles. The van der Waals surface area contributed by atoms with Gasteiger partial charge in [0.15, 0.2) is 0 Å². The van der Waals surface area contributed by atoms with Gasteiger partial charge in [0, 0.05) is 19.2 Å². The number of nitrogens with zero attached hydrogens (tertiary/aromatic N) is 2. The number of furan rings is 1. The molecule has 0 fully saturated rings. The number of aryl methyl sites for hydroxylation is 1. The summed E-state index contributed by atoms with van der Waals surface area (Å²) >= 11 is 0. The Morgan fingerprint density at radius 1 is 1.39 bits per heavy atom. The Hall–Kier alpha value is -2.82. The fourth-order valence-electron chi connectivity index (χ4n) is 2.43.